The van der Waals surface area contributed by atoms with Crippen molar-refractivity contribution in [1.29, 1.82) is 0 Å². The van der Waals surface area contributed by atoms with Crippen LogP contribution in [0.3, 0.4) is 0 Å². The fourth-order valence-corrected chi connectivity index (χ4v) is 1.69. The Morgan fingerprint density at radius 3 is 2.65 bits per heavy atom. The highest BCUT2D eigenvalue weighted by atomic mass is 35.5. The summed E-state index contributed by atoms with van der Waals surface area (Å²) in [6.07, 6.45) is 1.50. The van der Waals surface area contributed by atoms with Crippen molar-refractivity contribution in [2.75, 3.05) is 13.7 Å². The van der Waals surface area contributed by atoms with Crippen LogP contribution in [0, 0.1) is 0 Å². The molecule has 0 amide bonds. The standard InChI is InChI=1S/C11H11Cl3O3/c1-16-11-7(6-15)4-8(5-9(11)12)17-3-2-10(13)14/h2,4-5,15H,3,6H2,1H3. The topological polar surface area (TPSA) is 38.7 Å². The number of aliphatic hydroxyl groups is 1. The minimum atomic E-state index is -0.188. The molecule has 0 saturated carbocycles. The molecular weight excluding hydrogens is 286 g/mol. The second-order valence-electron chi connectivity index (χ2n) is 3.06. The number of ether oxygens (including phenoxy) is 2. The third kappa shape index (κ3) is 4.28. The van der Waals surface area contributed by atoms with E-state index in [0.29, 0.717) is 22.1 Å². The van der Waals surface area contributed by atoms with Gasteiger partial charge < -0.3 is 14.6 Å². The van der Waals surface area contributed by atoms with Gasteiger partial charge in [-0.15, -0.1) is 0 Å². The van der Waals surface area contributed by atoms with E-state index >= 15 is 0 Å². The molecule has 0 atom stereocenters. The molecule has 0 fully saturated rings. The molecule has 0 saturated heterocycles. The van der Waals surface area contributed by atoms with Gasteiger partial charge in [-0.2, -0.15) is 0 Å². The van der Waals surface area contributed by atoms with Gasteiger partial charge in [0.1, 0.15) is 22.6 Å². The minimum Gasteiger partial charge on any atom is -0.495 e. The Bertz CT molecular complexity index is 415. The molecule has 0 aliphatic heterocycles. The van der Waals surface area contributed by atoms with Crippen molar-refractivity contribution in [3.63, 3.8) is 0 Å². The summed E-state index contributed by atoms with van der Waals surface area (Å²) in [4.78, 5) is 0. The number of aliphatic hydroxyl groups excluding tert-OH is 1. The van der Waals surface area contributed by atoms with Gasteiger partial charge in [0.15, 0.2) is 0 Å². The maximum absolute atomic E-state index is 9.16. The summed E-state index contributed by atoms with van der Waals surface area (Å²) in [5.41, 5.74) is 0.552. The van der Waals surface area contributed by atoms with Crippen LogP contribution in [0.4, 0.5) is 0 Å². The second kappa shape index (κ2) is 6.97. The summed E-state index contributed by atoms with van der Waals surface area (Å²) in [6, 6.07) is 3.23. The van der Waals surface area contributed by atoms with Gasteiger partial charge in [-0.1, -0.05) is 34.8 Å². The van der Waals surface area contributed by atoms with Crippen molar-refractivity contribution in [2.45, 2.75) is 6.61 Å². The molecular formula is C11H11Cl3O3. The Kier molecular flexibility index (Phi) is 5.92. The molecule has 0 aromatic heterocycles. The van der Waals surface area contributed by atoms with Crippen molar-refractivity contribution in [2.24, 2.45) is 0 Å². The van der Waals surface area contributed by atoms with Crippen molar-refractivity contribution in [3.8, 4) is 11.5 Å². The Hall–Kier alpha value is -0.610. The second-order valence-corrected chi connectivity index (χ2v) is 4.48. The van der Waals surface area contributed by atoms with Crippen LogP contribution in [0.1, 0.15) is 5.56 Å². The Morgan fingerprint density at radius 1 is 1.41 bits per heavy atom. The van der Waals surface area contributed by atoms with Crippen molar-refractivity contribution < 1.29 is 14.6 Å². The molecule has 0 spiro atoms. The fraction of sp³-hybridized carbons (Fsp3) is 0.273. The van der Waals surface area contributed by atoms with Gasteiger partial charge in [0, 0.05) is 11.6 Å². The molecule has 0 radical (unpaired) electrons. The molecule has 17 heavy (non-hydrogen) atoms. The number of benzene rings is 1. The van der Waals surface area contributed by atoms with Crippen molar-refractivity contribution in [3.05, 3.63) is 33.3 Å². The summed E-state index contributed by atoms with van der Waals surface area (Å²) < 4.78 is 10.5. The zero-order valence-corrected chi connectivity index (χ0v) is 11.3. The van der Waals surface area contributed by atoms with E-state index in [9.17, 15) is 0 Å². The third-order valence-corrected chi connectivity index (χ3v) is 2.55. The van der Waals surface area contributed by atoms with Crippen LogP contribution in [0.15, 0.2) is 22.7 Å². The van der Waals surface area contributed by atoms with Crippen LogP contribution in [0.25, 0.3) is 0 Å². The van der Waals surface area contributed by atoms with Gasteiger partial charge in [-0.05, 0) is 12.1 Å². The summed E-state index contributed by atoms with van der Waals surface area (Å²) in [5.74, 6) is 0.943. The summed E-state index contributed by atoms with van der Waals surface area (Å²) in [7, 11) is 1.48. The van der Waals surface area contributed by atoms with E-state index in [2.05, 4.69) is 0 Å². The number of hydrogen-bond acceptors (Lipinski definition) is 3. The largest absolute Gasteiger partial charge is 0.495 e. The van der Waals surface area contributed by atoms with Crippen LogP contribution in [0.2, 0.25) is 5.02 Å². The quantitative estimate of drug-likeness (QED) is 0.903. The monoisotopic (exact) mass is 296 g/mol. The van der Waals surface area contributed by atoms with Gasteiger partial charge in [0.05, 0.1) is 18.7 Å². The molecule has 0 aliphatic carbocycles. The molecule has 1 aromatic carbocycles. The van der Waals surface area contributed by atoms with Crippen molar-refractivity contribution >= 4 is 34.8 Å². The normalized spacial score (nSPS) is 9.94. The lowest BCUT2D eigenvalue weighted by molar-refractivity contribution is 0.272. The van der Waals surface area contributed by atoms with Crippen LogP contribution in [-0.2, 0) is 6.61 Å². The van der Waals surface area contributed by atoms with E-state index in [1.165, 1.54) is 13.2 Å². The molecule has 94 valence electrons. The van der Waals surface area contributed by atoms with Gasteiger partial charge in [-0.25, -0.2) is 0 Å². The molecule has 0 bridgehead atoms. The zero-order valence-electron chi connectivity index (χ0n) is 9.04. The number of hydrogen-bond donors (Lipinski definition) is 1. The lowest BCUT2D eigenvalue weighted by Crippen LogP contribution is -1.98. The maximum Gasteiger partial charge on any atom is 0.143 e. The average molecular weight is 298 g/mol. The molecule has 1 rings (SSSR count). The molecule has 1 aromatic rings. The number of halogens is 3. The third-order valence-electron chi connectivity index (χ3n) is 1.96. The first-order valence-electron chi connectivity index (χ1n) is 4.69. The average Bonchev–Trinajstić information content (AvgIpc) is 2.27. The highest BCUT2D eigenvalue weighted by Crippen LogP contribution is 2.33. The number of methoxy groups -OCH3 is 1. The Labute approximate surface area is 114 Å². The predicted molar refractivity (Wildman–Crippen MR) is 69.2 cm³/mol. The molecule has 3 nitrogen and oxygen atoms in total. The maximum atomic E-state index is 9.16. The van der Waals surface area contributed by atoms with Crippen LogP contribution >= 0.6 is 34.8 Å². The molecule has 0 unspecified atom stereocenters. The first-order chi connectivity index (χ1) is 8.08. The van der Waals surface area contributed by atoms with E-state index in [0.717, 1.165) is 0 Å². The number of rotatable bonds is 5. The first kappa shape index (κ1) is 14.5. The fourth-order valence-electron chi connectivity index (χ4n) is 1.25. The lowest BCUT2D eigenvalue weighted by Gasteiger charge is -2.11. The smallest absolute Gasteiger partial charge is 0.143 e. The van der Waals surface area contributed by atoms with Crippen molar-refractivity contribution in [1.82, 2.24) is 0 Å². The van der Waals surface area contributed by atoms with Crippen LogP contribution in [0.5, 0.6) is 11.5 Å². The van der Waals surface area contributed by atoms with Gasteiger partial charge in [-0.3, -0.25) is 0 Å². The Balaban J connectivity index is 2.88. The van der Waals surface area contributed by atoms with Gasteiger partial charge in [0.2, 0.25) is 0 Å². The zero-order chi connectivity index (χ0) is 12.8. The lowest BCUT2D eigenvalue weighted by atomic mass is 10.2. The highest BCUT2D eigenvalue weighted by Gasteiger charge is 2.10. The minimum absolute atomic E-state index is 0.131. The van der Waals surface area contributed by atoms with E-state index in [1.807, 2.05) is 0 Å². The van der Waals surface area contributed by atoms with E-state index in [4.69, 9.17) is 49.4 Å². The first-order valence-corrected chi connectivity index (χ1v) is 5.83. The summed E-state index contributed by atoms with van der Waals surface area (Å²) in [6.45, 7) is 0.0298. The van der Waals surface area contributed by atoms with Gasteiger partial charge >= 0.3 is 0 Å². The molecule has 1 N–H and O–H groups in total. The summed E-state index contributed by atoms with van der Waals surface area (Å²) in [5, 5.41) is 9.53. The van der Waals surface area contributed by atoms with E-state index < -0.39 is 0 Å². The summed E-state index contributed by atoms with van der Waals surface area (Å²) >= 11 is 16.9. The van der Waals surface area contributed by atoms with Crippen LogP contribution < -0.4 is 9.47 Å². The Morgan fingerprint density at radius 2 is 2.12 bits per heavy atom. The van der Waals surface area contributed by atoms with Crippen LogP contribution in [-0.4, -0.2) is 18.8 Å². The SMILES string of the molecule is COc1c(Cl)cc(OCC=C(Cl)Cl)cc1CO. The highest BCUT2D eigenvalue weighted by molar-refractivity contribution is 6.55. The predicted octanol–water partition coefficient (Wildman–Crippen LogP) is 3.54. The van der Waals surface area contributed by atoms with Gasteiger partial charge in [0.25, 0.3) is 0 Å². The van der Waals surface area contributed by atoms with E-state index in [1.54, 1.807) is 12.1 Å². The van der Waals surface area contributed by atoms with E-state index in [-0.39, 0.29) is 17.7 Å². The molecule has 0 heterocycles. The molecule has 6 heteroatoms. The molecule has 0 aliphatic rings.